The van der Waals surface area contributed by atoms with Crippen molar-refractivity contribution < 1.29 is 8.78 Å². The van der Waals surface area contributed by atoms with Crippen LogP contribution in [-0.4, -0.2) is 26.9 Å². The van der Waals surface area contributed by atoms with E-state index in [2.05, 4.69) is 27.6 Å². The fourth-order valence-electron chi connectivity index (χ4n) is 0.486. The van der Waals surface area contributed by atoms with Gasteiger partial charge in [-0.2, -0.15) is 8.78 Å². The summed E-state index contributed by atoms with van der Waals surface area (Å²) in [6.07, 6.45) is 1.33. The molecule has 1 rings (SSSR count). The predicted octanol–water partition coefficient (Wildman–Crippen LogP) is 0.292. The highest BCUT2D eigenvalue weighted by atomic mass is 32.1. The van der Waals surface area contributed by atoms with Gasteiger partial charge in [0.15, 0.2) is 0 Å². The molecule has 1 aromatic heterocycles. The van der Waals surface area contributed by atoms with Crippen LogP contribution in [0.4, 0.5) is 8.78 Å². The third-order valence-electron chi connectivity index (χ3n) is 0.890. The van der Waals surface area contributed by atoms with E-state index in [1.54, 1.807) is 5.32 Å². The van der Waals surface area contributed by atoms with Gasteiger partial charge in [-0.15, -0.1) is 5.10 Å². The van der Waals surface area contributed by atoms with Gasteiger partial charge in [0.05, 0.1) is 6.20 Å². The number of H-pyrrole nitrogens is 1. The summed E-state index contributed by atoms with van der Waals surface area (Å²) in [6, 6.07) is 0. The molecule has 0 amide bonds. The number of aromatic nitrogens is 3. The quantitative estimate of drug-likeness (QED) is 0.505. The summed E-state index contributed by atoms with van der Waals surface area (Å²) in [5, 5.41) is 10.8. The minimum atomic E-state index is -2.67. The van der Waals surface area contributed by atoms with Crippen molar-refractivity contribution in [1.29, 1.82) is 0 Å². The third-order valence-corrected chi connectivity index (χ3v) is 1.22. The molecule has 0 atom stereocenters. The van der Waals surface area contributed by atoms with Crippen molar-refractivity contribution in [2.75, 3.05) is 0 Å². The van der Waals surface area contributed by atoms with E-state index in [1.165, 1.54) is 6.20 Å². The Morgan fingerprint density at radius 3 is 2.91 bits per heavy atom. The second-order valence-electron chi connectivity index (χ2n) is 1.63. The summed E-state index contributed by atoms with van der Waals surface area (Å²) >= 11 is 4.54. The second kappa shape index (κ2) is 3.33. The summed E-state index contributed by atoms with van der Waals surface area (Å²) < 4.78 is 23.2. The maximum absolute atomic E-state index is 11.6. The molecule has 0 aliphatic carbocycles. The SMILES string of the molecule is FC(F)NC(=S)c1c[nH]nn1. The highest BCUT2D eigenvalue weighted by molar-refractivity contribution is 7.80. The van der Waals surface area contributed by atoms with Crippen LogP contribution in [0.25, 0.3) is 0 Å². The summed E-state index contributed by atoms with van der Waals surface area (Å²) in [4.78, 5) is -0.117. The minimum absolute atomic E-state index is 0.117. The number of aromatic amines is 1. The lowest BCUT2D eigenvalue weighted by atomic mass is 10.5. The average Bonchev–Trinajstić information content (AvgIpc) is 2.35. The van der Waals surface area contributed by atoms with E-state index in [-0.39, 0.29) is 10.7 Å². The first-order chi connectivity index (χ1) is 5.20. The molecule has 4 nitrogen and oxygen atoms in total. The molecule has 11 heavy (non-hydrogen) atoms. The number of nitrogens with zero attached hydrogens (tertiary/aromatic N) is 2. The zero-order valence-corrected chi connectivity index (χ0v) is 6.03. The van der Waals surface area contributed by atoms with E-state index in [0.29, 0.717) is 0 Å². The summed E-state index contributed by atoms with van der Waals surface area (Å²) in [7, 11) is 0. The molecule has 0 fully saturated rings. The van der Waals surface area contributed by atoms with E-state index < -0.39 is 6.55 Å². The van der Waals surface area contributed by atoms with Crippen molar-refractivity contribution in [1.82, 2.24) is 20.7 Å². The lowest BCUT2D eigenvalue weighted by Gasteiger charge is -2.01. The molecule has 0 unspecified atom stereocenters. The monoisotopic (exact) mass is 178 g/mol. The van der Waals surface area contributed by atoms with Crippen LogP contribution in [0.5, 0.6) is 0 Å². The van der Waals surface area contributed by atoms with Crippen molar-refractivity contribution in [3.63, 3.8) is 0 Å². The van der Waals surface area contributed by atoms with Crippen molar-refractivity contribution >= 4 is 17.2 Å². The number of nitrogens with one attached hydrogen (secondary N) is 2. The number of hydrogen-bond acceptors (Lipinski definition) is 3. The van der Waals surface area contributed by atoms with Crippen LogP contribution in [0.15, 0.2) is 6.20 Å². The van der Waals surface area contributed by atoms with Gasteiger partial charge in [-0.3, -0.25) is 5.10 Å². The maximum atomic E-state index is 11.6. The Balaban J connectivity index is 2.57. The first-order valence-corrected chi connectivity index (χ1v) is 3.06. The molecule has 0 spiro atoms. The molecule has 60 valence electrons. The zero-order chi connectivity index (χ0) is 8.27. The van der Waals surface area contributed by atoms with Gasteiger partial charge in [0.1, 0.15) is 10.7 Å². The van der Waals surface area contributed by atoms with Gasteiger partial charge in [-0.25, -0.2) is 0 Å². The molecule has 0 saturated heterocycles. The Morgan fingerprint density at radius 2 is 2.45 bits per heavy atom. The van der Waals surface area contributed by atoms with Crippen LogP contribution >= 0.6 is 12.2 Å². The molecule has 0 radical (unpaired) electrons. The maximum Gasteiger partial charge on any atom is 0.313 e. The number of thiocarbonyl (C=S) groups is 1. The Bertz CT molecular complexity index is 234. The highest BCUT2D eigenvalue weighted by Gasteiger charge is 2.08. The first-order valence-electron chi connectivity index (χ1n) is 2.65. The Kier molecular flexibility index (Phi) is 2.42. The second-order valence-corrected chi connectivity index (χ2v) is 2.04. The Morgan fingerprint density at radius 1 is 1.73 bits per heavy atom. The van der Waals surface area contributed by atoms with E-state index in [4.69, 9.17) is 0 Å². The van der Waals surface area contributed by atoms with Crippen LogP contribution in [0.3, 0.4) is 0 Å². The smallest absolute Gasteiger partial charge is 0.313 e. The molecule has 0 bridgehead atoms. The summed E-state index contributed by atoms with van der Waals surface area (Å²) in [5.74, 6) is 0. The largest absolute Gasteiger partial charge is 0.319 e. The molecule has 0 aliphatic rings. The third kappa shape index (κ3) is 2.19. The molecule has 0 aliphatic heterocycles. The van der Waals surface area contributed by atoms with Crippen LogP contribution in [-0.2, 0) is 0 Å². The summed E-state index contributed by atoms with van der Waals surface area (Å²) in [5.41, 5.74) is 0.209. The molecular weight excluding hydrogens is 174 g/mol. The number of rotatable bonds is 2. The van der Waals surface area contributed by atoms with Crippen molar-refractivity contribution in [2.24, 2.45) is 0 Å². The molecule has 1 heterocycles. The van der Waals surface area contributed by atoms with Crippen molar-refractivity contribution in [3.8, 4) is 0 Å². The molecule has 7 heteroatoms. The fraction of sp³-hybridized carbons (Fsp3) is 0.250. The van der Waals surface area contributed by atoms with E-state index in [9.17, 15) is 8.78 Å². The van der Waals surface area contributed by atoms with Gasteiger partial charge in [0, 0.05) is 0 Å². The van der Waals surface area contributed by atoms with Gasteiger partial charge in [-0.05, 0) is 0 Å². The standard InChI is InChI=1S/C4H4F2N4S/c5-4(6)8-3(11)2-1-7-10-9-2/h1,4H,(H,8,11)(H,7,9,10). The van der Waals surface area contributed by atoms with Crippen molar-refractivity contribution in [2.45, 2.75) is 6.55 Å². The lowest BCUT2D eigenvalue weighted by Crippen LogP contribution is -2.27. The molecule has 0 aromatic carbocycles. The topological polar surface area (TPSA) is 53.6 Å². The highest BCUT2D eigenvalue weighted by Crippen LogP contribution is 1.93. The normalized spacial score (nSPS) is 10.1. The van der Waals surface area contributed by atoms with Gasteiger partial charge in [-0.1, -0.05) is 17.4 Å². The van der Waals surface area contributed by atoms with E-state index >= 15 is 0 Å². The lowest BCUT2D eigenvalue weighted by molar-refractivity contribution is 0.133. The molecule has 2 N–H and O–H groups in total. The van der Waals surface area contributed by atoms with Gasteiger partial charge < -0.3 is 5.32 Å². The molecule has 1 aromatic rings. The number of hydrogen-bond donors (Lipinski definition) is 2. The number of halogens is 2. The Hall–Kier alpha value is -1.11. The average molecular weight is 178 g/mol. The van der Waals surface area contributed by atoms with Crippen LogP contribution < -0.4 is 5.32 Å². The van der Waals surface area contributed by atoms with Gasteiger partial charge in [0.2, 0.25) is 0 Å². The van der Waals surface area contributed by atoms with E-state index in [0.717, 1.165) is 0 Å². The van der Waals surface area contributed by atoms with Crippen LogP contribution in [0.2, 0.25) is 0 Å². The van der Waals surface area contributed by atoms with Crippen molar-refractivity contribution in [3.05, 3.63) is 11.9 Å². The first kappa shape index (κ1) is 7.99. The number of alkyl halides is 2. The minimum Gasteiger partial charge on any atom is -0.319 e. The van der Waals surface area contributed by atoms with Crippen LogP contribution in [0.1, 0.15) is 5.69 Å². The zero-order valence-electron chi connectivity index (χ0n) is 5.21. The Labute approximate surface area is 66.0 Å². The molecule has 0 saturated carbocycles. The van der Waals surface area contributed by atoms with Gasteiger partial charge in [0.25, 0.3) is 0 Å². The van der Waals surface area contributed by atoms with E-state index in [1.807, 2.05) is 0 Å². The summed E-state index contributed by atoms with van der Waals surface area (Å²) in [6.45, 7) is -2.67. The van der Waals surface area contributed by atoms with Gasteiger partial charge >= 0.3 is 6.55 Å². The molecular formula is C4H4F2N4S. The fourth-order valence-corrected chi connectivity index (χ4v) is 0.674. The predicted molar refractivity (Wildman–Crippen MR) is 37.2 cm³/mol. The van der Waals surface area contributed by atoms with Crippen LogP contribution in [0, 0.1) is 0 Å².